The van der Waals surface area contributed by atoms with Crippen molar-refractivity contribution in [2.75, 3.05) is 19.6 Å². The van der Waals surface area contributed by atoms with Crippen molar-refractivity contribution in [3.05, 3.63) is 76.6 Å². The van der Waals surface area contributed by atoms with Gasteiger partial charge in [0.2, 0.25) is 0 Å². The van der Waals surface area contributed by atoms with Crippen molar-refractivity contribution in [1.82, 2.24) is 9.88 Å². The fourth-order valence-corrected chi connectivity index (χ4v) is 4.59. The summed E-state index contributed by atoms with van der Waals surface area (Å²) in [5.74, 6) is 8.16. The zero-order valence-corrected chi connectivity index (χ0v) is 19.9. The molecule has 0 saturated carbocycles. The first kappa shape index (κ1) is 22.6. The predicted octanol–water partition coefficient (Wildman–Crippen LogP) is 6.82. The van der Waals surface area contributed by atoms with Gasteiger partial charge in [-0.3, -0.25) is 4.90 Å². The van der Waals surface area contributed by atoms with Gasteiger partial charge in [-0.2, -0.15) is 0 Å². The van der Waals surface area contributed by atoms with Crippen molar-refractivity contribution in [2.24, 2.45) is 11.8 Å². The maximum Gasteiger partial charge on any atom is 0.113 e. The van der Waals surface area contributed by atoms with Crippen LogP contribution in [0.1, 0.15) is 75.3 Å². The number of piperidine rings is 1. The standard InChI is InChI=1S/C30H36N2/c1-23-4-11-28(12-5-23)29-13-15-30(31-21-29)14-10-26-6-8-27(9-7-26)20-25(3)22-32-18-16-24(2)17-19-32/h6-9,11,13,15,20-21,23-24H,4-5,12,16-19,22H2,1-3H3/b25-20+. The molecule has 1 saturated heterocycles. The van der Waals surface area contributed by atoms with Gasteiger partial charge in [0.05, 0.1) is 0 Å². The van der Waals surface area contributed by atoms with Crippen LogP contribution in [0, 0.1) is 23.7 Å². The lowest BCUT2D eigenvalue weighted by atomic mass is 9.88. The second-order valence-electron chi connectivity index (χ2n) is 9.86. The fraction of sp³-hybridized carbons (Fsp3) is 0.433. The number of aromatic nitrogens is 1. The number of pyridine rings is 1. The van der Waals surface area contributed by atoms with Crippen molar-refractivity contribution in [2.45, 2.75) is 52.9 Å². The molecule has 0 amide bonds. The van der Waals surface area contributed by atoms with E-state index in [0.717, 1.165) is 36.1 Å². The van der Waals surface area contributed by atoms with Gasteiger partial charge in [0.15, 0.2) is 0 Å². The van der Waals surface area contributed by atoms with Crippen LogP contribution in [0.2, 0.25) is 0 Å². The molecule has 1 aliphatic carbocycles. The Morgan fingerprint density at radius 2 is 1.78 bits per heavy atom. The molecule has 2 nitrogen and oxygen atoms in total. The average molecular weight is 425 g/mol. The Balaban J connectivity index is 1.34. The second kappa shape index (κ2) is 10.8. The molecule has 2 heteroatoms. The van der Waals surface area contributed by atoms with Gasteiger partial charge in [0.25, 0.3) is 0 Å². The van der Waals surface area contributed by atoms with Gasteiger partial charge in [-0.1, -0.05) is 55.7 Å². The van der Waals surface area contributed by atoms with Crippen LogP contribution in [-0.4, -0.2) is 29.5 Å². The molecule has 2 heterocycles. The molecule has 1 aliphatic heterocycles. The molecule has 1 unspecified atom stereocenters. The Kier molecular flexibility index (Phi) is 7.61. The van der Waals surface area contributed by atoms with Crippen molar-refractivity contribution in [3.63, 3.8) is 0 Å². The Hall–Kier alpha value is -2.63. The van der Waals surface area contributed by atoms with E-state index in [4.69, 9.17) is 0 Å². The first-order chi connectivity index (χ1) is 15.5. The first-order valence-corrected chi connectivity index (χ1v) is 12.2. The van der Waals surface area contributed by atoms with Crippen LogP contribution in [-0.2, 0) is 0 Å². The molecule has 2 aliphatic rings. The highest BCUT2D eigenvalue weighted by Gasteiger charge is 2.15. The summed E-state index contributed by atoms with van der Waals surface area (Å²) in [6.07, 6.45) is 12.9. The normalized spacial score (nSPS) is 20.4. The van der Waals surface area contributed by atoms with Crippen LogP contribution in [0.4, 0.5) is 0 Å². The second-order valence-corrected chi connectivity index (χ2v) is 9.86. The molecule has 1 fully saturated rings. The minimum atomic E-state index is 0.807. The zero-order valence-electron chi connectivity index (χ0n) is 19.9. The highest BCUT2D eigenvalue weighted by Crippen LogP contribution is 2.29. The van der Waals surface area contributed by atoms with Gasteiger partial charge < -0.3 is 0 Å². The monoisotopic (exact) mass is 424 g/mol. The number of likely N-dealkylation sites (tertiary alicyclic amines) is 1. The zero-order chi connectivity index (χ0) is 22.3. The van der Waals surface area contributed by atoms with E-state index < -0.39 is 0 Å². The summed E-state index contributed by atoms with van der Waals surface area (Å²) in [5, 5.41) is 0. The Morgan fingerprint density at radius 1 is 1.00 bits per heavy atom. The maximum absolute atomic E-state index is 4.58. The van der Waals surface area contributed by atoms with E-state index in [1.807, 2.05) is 12.3 Å². The molecule has 1 aromatic carbocycles. The van der Waals surface area contributed by atoms with Crippen LogP contribution in [0.25, 0.3) is 11.6 Å². The highest BCUT2D eigenvalue weighted by molar-refractivity contribution is 5.66. The van der Waals surface area contributed by atoms with Crippen molar-refractivity contribution >= 4 is 11.6 Å². The maximum atomic E-state index is 4.58. The number of hydrogen-bond donors (Lipinski definition) is 0. The van der Waals surface area contributed by atoms with E-state index in [0.29, 0.717) is 0 Å². The molecular formula is C30H36N2. The highest BCUT2D eigenvalue weighted by atomic mass is 15.1. The molecule has 166 valence electrons. The van der Waals surface area contributed by atoms with Crippen LogP contribution >= 0.6 is 0 Å². The smallest absolute Gasteiger partial charge is 0.113 e. The molecular weight excluding hydrogens is 388 g/mol. The Labute approximate surface area is 194 Å². The molecule has 0 radical (unpaired) electrons. The summed E-state index contributed by atoms with van der Waals surface area (Å²) < 4.78 is 0. The van der Waals surface area contributed by atoms with Gasteiger partial charge in [-0.25, -0.2) is 4.98 Å². The third-order valence-electron chi connectivity index (χ3n) is 6.82. The SMILES string of the molecule is C/C(=C\c1ccc(C#Cc2ccc(C3=CCC(C)CC3)cn2)cc1)CN1CCC(C)CC1. The van der Waals surface area contributed by atoms with Gasteiger partial charge in [0, 0.05) is 18.3 Å². The predicted molar refractivity (Wildman–Crippen MR) is 136 cm³/mol. The Bertz CT molecular complexity index is 1010. The lowest BCUT2D eigenvalue weighted by molar-refractivity contribution is 0.207. The summed E-state index contributed by atoms with van der Waals surface area (Å²) in [4.78, 5) is 7.16. The molecule has 1 aromatic heterocycles. The minimum Gasteiger partial charge on any atom is -0.299 e. The largest absolute Gasteiger partial charge is 0.299 e. The third-order valence-corrected chi connectivity index (χ3v) is 6.82. The Morgan fingerprint density at radius 3 is 2.44 bits per heavy atom. The minimum absolute atomic E-state index is 0.807. The fourth-order valence-electron chi connectivity index (χ4n) is 4.59. The summed E-state index contributed by atoms with van der Waals surface area (Å²) in [7, 11) is 0. The first-order valence-electron chi connectivity index (χ1n) is 12.2. The summed E-state index contributed by atoms with van der Waals surface area (Å²) >= 11 is 0. The number of allylic oxidation sites excluding steroid dienone is 2. The van der Waals surface area contributed by atoms with Crippen LogP contribution in [0.15, 0.2) is 54.2 Å². The van der Waals surface area contributed by atoms with Gasteiger partial charge in [0.1, 0.15) is 5.69 Å². The van der Waals surface area contributed by atoms with Crippen LogP contribution in [0.3, 0.4) is 0 Å². The van der Waals surface area contributed by atoms with Gasteiger partial charge in [-0.15, -0.1) is 0 Å². The molecule has 0 N–H and O–H groups in total. The van der Waals surface area contributed by atoms with E-state index >= 15 is 0 Å². The molecule has 2 aromatic rings. The molecule has 0 spiro atoms. The average Bonchev–Trinajstić information content (AvgIpc) is 2.81. The van der Waals surface area contributed by atoms with Crippen LogP contribution in [0.5, 0.6) is 0 Å². The quantitative estimate of drug-likeness (QED) is 0.501. The van der Waals surface area contributed by atoms with E-state index in [9.17, 15) is 0 Å². The lowest BCUT2D eigenvalue weighted by Crippen LogP contribution is -2.33. The number of benzene rings is 1. The van der Waals surface area contributed by atoms with E-state index in [-0.39, 0.29) is 0 Å². The summed E-state index contributed by atoms with van der Waals surface area (Å²) in [6.45, 7) is 10.5. The van der Waals surface area contributed by atoms with Crippen molar-refractivity contribution in [1.29, 1.82) is 0 Å². The molecule has 0 bridgehead atoms. The molecule has 32 heavy (non-hydrogen) atoms. The van der Waals surface area contributed by atoms with Gasteiger partial charge >= 0.3 is 0 Å². The van der Waals surface area contributed by atoms with Crippen molar-refractivity contribution in [3.8, 4) is 11.8 Å². The van der Waals surface area contributed by atoms with Gasteiger partial charge in [-0.05, 0) is 105 Å². The van der Waals surface area contributed by atoms with E-state index in [2.05, 4.69) is 85.0 Å². The number of nitrogens with zero attached hydrogens (tertiary/aromatic N) is 2. The topological polar surface area (TPSA) is 16.1 Å². The molecule has 1 atom stereocenters. The third kappa shape index (κ3) is 6.44. The lowest BCUT2D eigenvalue weighted by Gasteiger charge is -2.30. The summed E-state index contributed by atoms with van der Waals surface area (Å²) in [5.41, 5.74) is 7.20. The number of rotatable bonds is 4. The summed E-state index contributed by atoms with van der Waals surface area (Å²) in [6, 6.07) is 12.8. The van der Waals surface area contributed by atoms with E-state index in [1.54, 1.807) is 0 Å². The number of hydrogen-bond acceptors (Lipinski definition) is 2. The van der Waals surface area contributed by atoms with Crippen molar-refractivity contribution < 1.29 is 0 Å². The van der Waals surface area contributed by atoms with E-state index in [1.165, 1.54) is 61.0 Å². The van der Waals surface area contributed by atoms with Crippen LogP contribution < -0.4 is 0 Å². The molecule has 4 rings (SSSR count).